The normalized spacial score (nSPS) is 23.0. The zero-order valence-corrected chi connectivity index (χ0v) is 19.5. The largest absolute Gasteiger partial charge is 0.491 e. The fraction of sp³-hybridized carbons (Fsp3) is 0.522. The van der Waals surface area contributed by atoms with Gasteiger partial charge in [-0.3, -0.25) is 14.5 Å². The lowest BCUT2D eigenvalue weighted by Gasteiger charge is -2.34. The van der Waals surface area contributed by atoms with Crippen LogP contribution in [0.2, 0.25) is 0 Å². The zero-order valence-electron chi connectivity index (χ0n) is 19.5. The molecule has 0 bridgehead atoms. The molecule has 1 aromatic heterocycles. The third-order valence-corrected chi connectivity index (χ3v) is 5.88. The molecule has 1 aliphatic heterocycles. The maximum absolute atomic E-state index is 13.2. The lowest BCUT2D eigenvalue weighted by molar-refractivity contribution is 0.0150. The number of fused-ring (bicyclic) bond motifs is 1. The Morgan fingerprint density at radius 1 is 1.22 bits per heavy atom. The van der Waals surface area contributed by atoms with E-state index in [1.165, 1.54) is 0 Å². The Balaban J connectivity index is 1.89. The Morgan fingerprint density at radius 3 is 2.62 bits per heavy atom. The molecule has 0 aliphatic carbocycles. The van der Waals surface area contributed by atoms with Crippen molar-refractivity contribution in [1.82, 2.24) is 15.0 Å². The Bertz CT molecular complexity index is 960. The second kappa shape index (κ2) is 10.1. The van der Waals surface area contributed by atoms with Crippen molar-refractivity contribution < 1.29 is 23.6 Å². The van der Waals surface area contributed by atoms with Crippen molar-refractivity contribution in [3.63, 3.8) is 0 Å². The number of amides is 2. The van der Waals surface area contributed by atoms with Crippen molar-refractivity contribution in [1.29, 1.82) is 0 Å². The number of rotatable bonds is 3. The predicted octanol–water partition coefficient (Wildman–Crippen LogP) is 2.67. The molecule has 1 N–H and O–H groups in total. The highest BCUT2D eigenvalue weighted by Crippen LogP contribution is 2.27. The van der Waals surface area contributed by atoms with Crippen LogP contribution in [0.5, 0.6) is 5.75 Å². The van der Waals surface area contributed by atoms with Crippen LogP contribution in [0.3, 0.4) is 0 Å². The van der Waals surface area contributed by atoms with Crippen LogP contribution >= 0.6 is 0 Å². The third-order valence-electron chi connectivity index (χ3n) is 5.88. The number of aryl methyl sites for hydroxylation is 1. The molecule has 32 heavy (non-hydrogen) atoms. The molecular weight excluding hydrogens is 412 g/mol. The molecule has 1 aliphatic rings. The predicted molar refractivity (Wildman–Crippen MR) is 120 cm³/mol. The summed E-state index contributed by atoms with van der Waals surface area (Å²) >= 11 is 0. The SMILES string of the molecule is CO[C@@H]1CN(C)C(=O)c2ccc(NC(=O)c3cc(C)on3)cc2OC[C@H](C)N(C)C[C@H]1C. The van der Waals surface area contributed by atoms with Gasteiger partial charge in [0.1, 0.15) is 18.1 Å². The average molecular weight is 445 g/mol. The van der Waals surface area contributed by atoms with Crippen molar-refractivity contribution in [3.8, 4) is 5.75 Å². The van der Waals surface area contributed by atoms with Crippen molar-refractivity contribution >= 4 is 17.5 Å². The van der Waals surface area contributed by atoms with E-state index in [9.17, 15) is 9.59 Å². The fourth-order valence-electron chi connectivity index (χ4n) is 3.70. The maximum Gasteiger partial charge on any atom is 0.277 e. The average Bonchev–Trinajstić information content (AvgIpc) is 3.20. The van der Waals surface area contributed by atoms with Gasteiger partial charge in [0, 0.05) is 51.1 Å². The number of hydrogen-bond acceptors (Lipinski definition) is 7. The summed E-state index contributed by atoms with van der Waals surface area (Å²) in [6.45, 7) is 7.58. The van der Waals surface area contributed by atoms with Crippen LogP contribution in [0.25, 0.3) is 0 Å². The van der Waals surface area contributed by atoms with Gasteiger partial charge in [-0.15, -0.1) is 0 Å². The van der Waals surface area contributed by atoms with Crippen LogP contribution in [0.4, 0.5) is 5.69 Å². The number of likely N-dealkylation sites (N-methyl/N-ethyl adjacent to an activating group) is 2. The first kappa shape index (κ1) is 23.7. The Labute approximate surface area is 188 Å². The molecule has 3 rings (SSSR count). The topological polar surface area (TPSA) is 97.1 Å². The monoisotopic (exact) mass is 444 g/mol. The minimum Gasteiger partial charge on any atom is -0.491 e. The molecule has 0 radical (unpaired) electrons. The standard InChI is InChI=1S/C23H32N4O5/c1-14-11-26(4)15(2)13-31-20-10-17(24-22(28)19-9-16(3)32-25-19)7-8-18(20)23(29)27(5)12-21(14)30-6/h7-10,14-15,21H,11-13H2,1-6H3,(H,24,28)/t14-,15+,21-/m1/s1. The second-order valence-electron chi connectivity index (χ2n) is 8.52. The number of nitrogens with one attached hydrogen (secondary N) is 1. The number of hydrogen-bond donors (Lipinski definition) is 1. The molecule has 2 amide bonds. The van der Waals surface area contributed by atoms with Gasteiger partial charge in [0.2, 0.25) is 0 Å². The number of carbonyl (C=O) groups is 2. The van der Waals surface area contributed by atoms with Crippen molar-refractivity contribution in [3.05, 3.63) is 41.3 Å². The lowest BCUT2D eigenvalue weighted by Crippen LogP contribution is -2.45. The van der Waals surface area contributed by atoms with Crippen LogP contribution in [-0.4, -0.2) is 79.8 Å². The highest BCUT2D eigenvalue weighted by molar-refractivity contribution is 6.03. The van der Waals surface area contributed by atoms with Gasteiger partial charge >= 0.3 is 0 Å². The van der Waals surface area contributed by atoms with E-state index in [2.05, 4.69) is 36.3 Å². The van der Waals surface area contributed by atoms with Gasteiger partial charge in [0.05, 0.1) is 11.7 Å². The Morgan fingerprint density at radius 2 is 1.97 bits per heavy atom. The minimum absolute atomic E-state index is 0.0909. The van der Waals surface area contributed by atoms with E-state index in [-0.39, 0.29) is 29.7 Å². The van der Waals surface area contributed by atoms with E-state index in [1.54, 1.807) is 50.2 Å². The Hall–Kier alpha value is -2.91. The number of carbonyl (C=O) groups excluding carboxylic acids is 2. The molecule has 9 heteroatoms. The van der Waals surface area contributed by atoms with Gasteiger partial charge in [-0.05, 0) is 38.9 Å². The molecule has 0 unspecified atom stereocenters. The van der Waals surface area contributed by atoms with Crippen molar-refractivity contribution in [2.24, 2.45) is 5.92 Å². The molecule has 0 saturated carbocycles. The molecule has 174 valence electrons. The second-order valence-corrected chi connectivity index (χ2v) is 8.52. The molecule has 0 saturated heterocycles. The highest BCUT2D eigenvalue weighted by Gasteiger charge is 2.27. The summed E-state index contributed by atoms with van der Waals surface area (Å²) in [5, 5.41) is 6.51. The van der Waals surface area contributed by atoms with E-state index in [0.717, 1.165) is 6.54 Å². The number of nitrogens with zero attached hydrogens (tertiary/aromatic N) is 3. The van der Waals surface area contributed by atoms with E-state index in [4.69, 9.17) is 14.0 Å². The van der Waals surface area contributed by atoms with Gasteiger partial charge in [-0.1, -0.05) is 12.1 Å². The summed E-state index contributed by atoms with van der Waals surface area (Å²) in [5.41, 5.74) is 1.11. The summed E-state index contributed by atoms with van der Waals surface area (Å²) in [6.07, 6.45) is -0.0909. The lowest BCUT2D eigenvalue weighted by atomic mass is 10.0. The summed E-state index contributed by atoms with van der Waals surface area (Å²) in [7, 11) is 5.48. The number of aromatic nitrogens is 1. The van der Waals surface area contributed by atoms with E-state index >= 15 is 0 Å². The first-order valence-electron chi connectivity index (χ1n) is 10.7. The first-order chi connectivity index (χ1) is 15.2. The molecule has 2 aromatic rings. The van der Waals surface area contributed by atoms with Crippen LogP contribution in [-0.2, 0) is 4.74 Å². The van der Waals surface area contributed by atoms with Crippen LogP contribution < -0.4 is 10.1 Å². The van der Waals surface area contributed by atoms with Gasteiger partial charge in [0.25, 0.3) is 11.8 Å². The molecule has 0 fully saturated rings. The van der Waals surface area contributed by atoms with Gasteiger partial charge < -0.3 is 24.2 Å². The first-order valence-corrected chi connectivity index (χ1v) is 10.7. The van der Waals surface area contributed by atoms with Crippen molar-refractivity contribution in [2.45, 2.75) is 32.9 Å². The summed E-state index contributed by atoms with van der Waals surface area (Å²) < 4.78 is 16.7. The summed E-state index contributed by atoms with van der Waals surface area (Å²) in [4.78, 5) is 29.5. The van der Waals surface area contributed by atoms with E-state index in [1.807, 2.05) is 0 Å². The fourth-order valence-corrected chi connectivity index (χ4v) is 3.70. The quantitative estimate of drug-likeness (QED) is 0.777. The smallest absolute Gasteiger partial charge is 0.277 e. The van der Waals surface area contributed by atoms with E-state index in [0.29, 0.717) is 35.9 Å². The van der Waals surface area contributed by atoms with Crippen LogP contribution in [0, 0.1) is 12.8 Å². The van der Waals surface area contributed by atoms with Crippen LogP contribution in [0.15, 0.2) is 28.8 Å². The molecule has 2 heterocycles. The number of benzene rings is 1. The highest BCUT2D eigenvalue weighted by atomic mass is 16.5. The number of ether oxygens (including phenoxy) is 2. The third kappa shape index (κ3) is 5.46. The van der Waals surface area contributed by atoms with Crippen molar-refractivity contribution in [2.75, 3.05) is 46.2 Å². The zero-order chi connectivity index (χ0) is 23.4. The summed E-state index contributed by atoms with van der Waals surface area (Å²) in [6, 6.07) is 6.69. The van der Waals surface area contributed by atoms with Gasteiger partial charge in [-0.2, -0.15) is 0 Å². The summed E-state index contributed by atoms with van der Waals surface area (Å²) in [5.74, 6) is 0.633. The molecule has 1 aromatic carbocycles. The van der Waals surface area contributed by atoms with E-state index < -0.39 is 5.91 Å². The molecular formula is C23H32N4O5. The maximum atomic E-state index is 13.2. The van der Waals surface area contributed by atoms with Gasteiger partial charge in [-0.25, -0.2) is 0 Å². The molecule has 3 atom stereocenters. The van der Waals surface area contributed by atoms with Crippen LogP contribution in [0.1, 0.15) is 40.5 Å². The molecule has 9 nitrogen and oxygen atoms in total. The number of anilines is 1. The molecule has 0 spiro atoms. The Kier molecular flexibility index (Phi) is 7.52. The van der Waals surface area contributed by atoms with Gasteiger partial charge in [0.15, 0.2) is 5.69 Å². The number of methoxy groups -OCH3 is 1. The minimum atomic E-state index is -0.400.